The van der Waals surface area contributed by atoms with Gasteiger partial charge in [-0.05, 0) is 125 Å². The molecule has 12 aromatic rings. The van der Waals surface area contributed by atoms with E-state index in [4.69, 9.17) is 4.42 Å². The molecule has 0 bridgehead atoms. The minimum Gasteiger partial charge on any atom is -0.456 e. The van der Waals surface area contributed by atoms with E-state index in [1.54, 1.807) is 0 Å². The average Bonchev–Trinajstić information content (AvgIpc) is 4.01. The van der Waals surface area contributed by atoms with Crippen LogP contribution in [0.15, 0.2) is 241 Å². The normalized spacial score (nSPS) is 13.0. The maximum atomic E-state index is 6.39. The molecule has 1 heterocycles. The van der Waals surface area contributed by atoms with Gasteiger partial charge >= 0.3 is 0 Å². The summed E-state index contributed by atoms with van der Waals surface area (Å²) in [5.41, 5.74) is 19.9. The van der Waals surface area contributed by atoms with Crippen molar-refractivity contribution in [2.45, 2.75) is 5.41 Å². The Morgan fingerprint density at radius 3 is 1.58 bits per heavy atom. The first-order chi connectivity index (χ1) is 32.3. The predicted molar refractivity (Wildman–Crippen MR) is 271 cm³/mol. The molecule has 1 aromatic heterocycles. The predicted octanol–water partition coefficient (Wildman–Crippen LogP) is 17.0. The highest BCUT2D eigenvalue weighted by Gasteiger charge is 2.52. The van der Waals surface area contributed by atoms with Crippen molar-refractivity contribution in [3.8, 4) is 44.5 Å². The van der Waals surface area contributed by atoms with Gasteiger partial charge < -0.3 is 9.32 Å². The molecule has 1 spiro atoms. The second kappa shape index (κ2) is 13.8. The monoisotopic (exact) mass is 825 g/mol. The first-order valence-electron chi connectivity index (χ1n) is 22.5. The molecule has 2 nitrogen and oxygen atoms in total. The number of nitrogens with zero attached hydrogens (tertiary/aromatic N) is 1. The standard InChI is InChI=1S/C63H39NO/c1-2-17-44-40(15-1)16-13-24-47(44)49-37-36-45(46-18-3-4-19-48(46)49)41-31-33-42(34-32-41)64(43-35-38-61-54(39-43)52-22-8-12-30-60(52)65-61)59-29-14-28-58-62(59)53-23-7-11-27-57(53)63(58)55-25-9-5-20-50(55)51-21-6-10-26-56(51)63/h1-39H. The Hall–Kier alpha value is -8.46. The largest absolute Gasteiger partial charge is 0.456 e. The quantitative estimate of drug-likeness (QED) is 0.172. The summed E-state index contributed by atoms with van der Waals surface area (Å²) in [6, 6.07) is 87.1. The molecule has 0 amide bonds. The molecule has 11 aromatic carbocycles. The zero-order chi connectivity index (χ0) is 42.6. The van der Waals surface area contributed by atoms with Crippen LogP contribution >= 0.6 is 0 Å². The molecule has 0 radical (unpaired) electrons. The smallest absolute Gasteiger partial charge is 0.135 e. The molecule has 2 aliphatic rings. The van der Waals surface area contributed by atoms with E-state index in [0.29, 0.717) is 0 Å². The lowest BCUT2D eigenvalue weighted by molar-refractivity contribution is 0.669. The third kappa shape index (κ3) is 5.05. The van der Waals surface area contributed by atoms with Gasteiger partial charge in [-0.15, -0.1) is 0 Å². The highest BCUT2D eigenvalue weighted by Crippen LogP contribution is 2.64. The van der Waals surface area contributed by atoms with Gasteiger partial charge in [-0.3, -0.25) is 0 Å². The Morgan fingerprint density at radius 2 is 0.815 bits per heavy atom. The minimum absolute atomic E-state index is 0.450. The van der Waals surface area contributed by atoms with Crippen LogP contribution in [0, 0.1) is 0 Å². The lowest BCUT2D eigenvalue weighted by atomic mass is 9.70. The lowest BCUT2D eigenvalue weighted by Gasteiger charge is -2.32. The van der Waals surface area contributed by atoms with Crippen LogP contribution in [0.1, 0.15) is 22.3 Å². The zero-order valence-electron chi connectivity index (χ0n) is 35.4. The summed E-state index contributed by atoms with van der Waals surface area (Å²) in [5, 5.41) is 7.20. The Kier molecular flexibility index (Phi) is 7.64. The molecule has 2 heteroatoms. The van der Waals surface area contributed by atoms with Crippen LogP contribution in [0.2, 0.25) is 0 Å². The number of para-hydroxylation sites is 1. The molecule has 2 aliphatic carbocycles. The average molecular weight is 826 g/mol. The summed E-state index contributed by atoms with van der Waals surface area (Å²) in [6.07, 6.45) is 0. The summed E-state index contributed by atoms with van der Waals surface area (Å²) in [6.45, 7) is 0. The van der Waals surface area contributed by atoms with Crippen LogP contribution in [0.5, 0.6) is 0 Å². The highest BCUT2D eigenvalue weighted by molar-refractivity contribution is 6.11. The second-order valence-electron chi connectivity index (χ2n) is 17.5. The third-order valence-corrected chi connectivity index (χ3v) is 14.3. The van der Waals surface area contributed by atoms with Crippen molar-refractivity contribution >= 4 is 60.5 Å². The number of furan rings is 1. The molecule has 0 saturated heterocycles. The van der Waals surface area contributed by atoms with Gasteiger partial charge in [0.1, 0.15) is 11.2 Å². The molecule has 0 atom stereocenters. The van der Waals surface area contributed by atoms with Crippen LogP contribution < -0.4 is 4.90 Å². The summed E-state index contributed by atoms with van der Waals surface area (Å²) in [7, 11) is 0. The van der Waals surface area contributed by atoms with Crippen molar-refractivity contribution in [3.05, 3.63) is 259 Å². The molecule has 0 N–H and O–H groups in total. The summed E-state index contributed by atoms with van der Waals surface area (Å²) in [4.78, 5) is 2.47. The Labute approximate surface area is 376 Å². The molecule has 14 rings (SSSR count). The van der Waals surface area contributed by atoms with Gasteiger partial charge in [-0.25, -0.2) is 0 Å². The Balaban J connectivity index is 0.979. The van der Waals surface area contributed by atoms with E-state index in [1.807, 2.05) is 6.07 Å². The fourth-order valence-electron chi connectivity index (χ4n) is 11.6. The molecule has 0 aliphatic heterocycles. The lowest BCUT2D eigenvalue weighted by Crippen LogP contribution is -2.26. The van der Waals surface area contributed by atoms with Crippen molar-refractivity contribution in [1.29, 1.82) is 0 Å². The number of anilines is 3. The number of hydrogen-bond acceptors (Lipinski definition) is 2. The van der Waals surface area contributed by atoms with Crippen LogP contribution in [-0.4, -0.2) is 0 Å². The Morgan fingerprint density at radius 1 is 0.308 bits per heavy atom. The second-order valence-corrected chi connectivity index (χ2v) is 17.5. The van der Waals surface area contributed by atoms with Crippen molar-refractivity contribution in [2.24, 2.45) is 0 Å². The topological polar surface area (TPSA) is 16.4 Å². The minimum atomic E-state index is -0.450. The van der Waals surface area contributed by atoms with Gasteiger partial charge in [0.15, 0.2) is 0 Å². The number of benzene rings is 11. The number of fused-ring (bicyclic) bond motifs is 15. The molecule has 302 valence electrons. The van der Waals surface area contributed by atoms with Gasteiger partial charge in [-0.1, -0.05) is 194 Å². The number of hydrogen-bond donors (Lipinski definition) is 0. The molecule has 0 unspecified atom stereocenters. The van der Waals surface area contributed by atoms with Crippen molar-refractivity contribution in [1.82, 2.24) is 0 Å². The van der Waals surface area contributed by atoms with Crippen LogP contribution in [0.25, 0.3) is 88.0 Å². The summed E-state index contributed by atoms with van der Waals surface area (Å²) < 4.78 is 6.39. The molecule has 65 heavy (non-hydrogen) atoms. The van der Waals surface area contributed by atoms with E-state index in [0.717, 1.165) is 39.0 Å². The van der Waals surface area contributed by atoms with E-state index >= 15 is 0 Å². The van der Waals surface area contributed by atoms with E-state index < -0.39 is 5.41 Å². The zero-order valence-corrected chi connectivity index (χ0v) is 35.4. The van der Waals surface area contributed by atoms with Gasteiger partial charge in [0.25, 0.3) is 0 Å². The van der Waals surface area contributed by atoms with Gasteiger partial charge in [0.05, 0.1) is 11.1 Å². The Bertz CT molecular complexity index is 3860. The van der Waals surface area contributed by atoms with Crippen LogP contribution in [0.3, 0.4) is 0 Å². The van der Waals surface area contributed by atoms with Crippen molar-refractivity contribution in [2.75, 3.05) is 4.90 Å². The van der Waals surface area contributed by atoms with Crippen LogP contribution in [0.4, 0.5) is 17.1 Å². The summed E-state index contributed by atoms with van der Waals surface area (Å²) in [5.74, 6) is 0. The molecular weight excluding hydrogens is 787 g/mol. The highest BCUT2D eigenvalue weighted by atomic mass is 16.3. The van der Waals surface area contributed by atoms with E-state index in [-0.39, 0.29) is 0 Å². The van der Waals surface area contributed by atoms with E-state index in [1.165, 1.54) is 88.3 Å². The fourth-order valence-corrected chi connectivity index (χ4v) is 11.6. The first kappa shape index (κ1) is 36.1. The van der Waals surface area contributed by atoms with Gasteiger partial charge in [0.2, 0.25) is 0 Å². The maximum absolute atomic E-state index is 6.39. The van der Waals surface area contributed by atoms with Gasteiger partial charge in [-0.2, -0.15) is 0 Å². The maximum Gasteiger partial charge on any atom is 0.135 e. The number of rotatable bonds is 5. The fraction of sp³-hybridized carbons (Fsp3) is 0.0159. The third-order valence-electron chi connectivity index (χ3n) is 14.3. The van der Waals surface area contributed by atoms with Crippen molar-refractivity contribution in [3.63, 3.8) is 0 Å². The molecule has 0 saturated carbocycles. The summed E-state index contributed by atoms with van der Waals surface area (Å²) >= 11 is 0. The van der Waals surface area contributed by atoms with Gasteiger partial charge in [0, 0.05) is 27.7 Å². The SMILES string of the molecule is c1ccc2c(c1)-c1ccccc1C21c2ccccc2-c2c(N(c3ccc(-c4ccc(-c5cccc6ccccc56)c5ccccc45)cc3)c3ccc4oc5ccccc5c4c3)cccc21. The molecular formula is C63H39NO. The molecule has 0 fully saturated rings. The van der Waals surface area contributed by atoms with E-state index in [2.05, 4.69) is 235 Å². The van der Waals surface area contributed by atoms with Crippen molar-refractivity contribution < 1.29 is 4.42 Å². The van der Waals surface area contributed by atoms with Crippen LogP contribution in [-0.2, 0) is 5.41 Å². The first-order valence-corrected chi connectivity index (χ1v) is 22.5. The van der Waals surface area contributed by atoms with E-state index in [9.17, 15) is 0 Å².